The minimum absolute atomic E-state index is 0.0660. The molecule has 160 valence electrons. The van der Waals surface area contributed by atoms with Gasteiger partial charge in [-0.05, 0) is 30.5 Å². The first-order chi connectivity index (χ1) is 15.1. The molecule has 1 aromatic carbocycles. The van der Waals surface area contributed by atoms with Crippen LogP contribution in [0.15, 0.2) is 53.9 Å². The number of rotatable bonds is 5. The van der Waals surface area contributed by atoms with Gasteiger partial charge in [-0.1, -0.05) is 24.3 Å². The van der Waals surface area contributed by atoms with E-state index in [9.17, 15) is 9.59 Å². The van der Waals surface area contributed by atoms with Gasteiger partial charge < -0.3 is 10.6 Å². The number of carbonyl (C=O) groups excluding carboxylic acids is 2. The number of carbonyl (C=O) groups is 2. The van der Waals surface area contributed by atoms with E-state index in [0.29, 0.717) is 18.8 Å². The second kappa shape index (κ2) is 8.14. The Morgan fingerprint density at radius 1 is 1.26 bits per heavy atom. The summed E-state index contributed by atoms with van der Waals surface area (Å²) in [6.45, 7) is 2.39. The molecule has 4 N–H and O–H groups in total. The molecule has 2 fully saturated rings. The monoisotopic (exact) mass is 437 g/mol. The summed E-state index contributed by atoms with van der Waals surface area (Å²) in [7, 11) is 0. The number of hydrazine groups is 1. The molecule has 0 bridgehead atoms. The zero-order valence-corrected chi connectivity index (χ0v) is 17.7. The second-order valence-corrected chi connectivity index (χ2v) is 8.65. The predicted molar refractivity (Wildman–Crippen MR) is 118 cm³/mol. The Balaban J connectivity index is 1.37. The molecule has 0 saturated carbocycles. The maximum Gasteiger partial charge on any atom is 0.230 e. The van der Waals surface area contributed by atoms with Crippen molar-refractivity contribution in [2.45, 2.75) is 25.8 Å². The number of para-hydroxylation sites is 1. The third-order valence-electron chi connectivity index (χ3n) is 5.40. The second-order valence-electron chi connectivity index (χ2n) is 7.62. The van der Waals surface area contributed by atoms with Gasteiger partial charge in [0.1, 0.15) is 12.0 Å². The van der Waals surface area contributed by atoms with Crippen molar-refractivity contribution >= 4 is 34.7 Å². The lowest BCUT2D eigenvalue weighted by molar-refractivity contribution is -0.129. The van der Waals surface area contributed by atoms with Crippen LogP contribution in [0.5, 0.6) is 0 Å². The van der Waals surface area contributed by atoms with E-state index in [2.05, 4.69) is 26.5 Å². The highest BCUT2D eigenvalue weighted by Crippen LogP contribution is 2.27. The summed E-state index contributed by atoms with van der Waals surface area (Å²) in [5.41, 5.74) is 5.02. The lowest BCUT2D eigenvalue weighted by atomic mass is 10.0. The predicted octanol–water partition coefficient (Wildman–Crippen LogP) is 1.58. The summed E-state index contributed by atoms with van der Waals surface area (Å²) in [5.74, 6) is 0.0956. The van der Waals surface area contributed by atoms with Crippen molar-refractivity contribution in [1.29, 1.82) is 0 Å². The molecule has 10 heteroatoms. The number of nitrogens with zero attached hydrogens (tertiary/aromatic N) is 3. The summed E-state index contributed by atoms with van der Waals surface area (Å²) in [6.07, 6.45) is -0.547. The molecule has 2 aliphatic rings. The molecule has 0 aliphatic carbocycles. The molecule has 4 heterocycles. The molecule has 5 rings (SSSR count). The number of aromatic nitrogens is 2. The fourth-order valence-electron chi connectivity index (χ4n) is 4.00. The van der Waals surface area contributed by atoms with Crippen LogP contribution >= 0.6 is 11.3 Å². The van der Waals surface area contributed by atoms with Crippen molar-refractivity contribution in [2.24, 2.45) is 5.92 Å². The first-order valence-electron chi connectivity index (χ1n) is 10.1. The molecule has 2 amide bonds. The van der Waals surface area contributed by atoms with Crippen LogP contribution in [0.1, 0.15) is 16.9 Å². The average Bonchev–Trinajstić information content (AvgIpc) is 3.49. The van der Waals surface area contributed by atoms with Crippen LogP contribution in [0.4, 0.5) is 11.5 Å². The average molecular weight is 438 g/mol. The van der Waals surface area contributed by atoms with Crippen LogP contribution < -0.4 is 26.4 Å². The van der Waals surface area contributed by atoms with Gasteiger partial charge in [-0.15, -0.1) is 11.3 Å². The molecule has 3 atom stereocenters. The molecule has 3 unspecified atom stereocenters. The van der Waals surface area contributed by atoms with Crippen molar-refractivity contribution in [3.05, 3.63) is 64.5 Å². The van der Waals surface area contributed by atoms with E-state index in [1.165, 1.54) is 0 Å². The molecule has 31 heavy (non-hydrogen) atoms. The SMILES string of the molecule is Cc1cc(NC(=O)Cc2cccs2)n(C2NC(=O)C3CNN(c4ccccc4)C3N2)n1. The van der Waals surface area contributed by atoms with E-state index in [1.807, 2.05) is 59.8 Å². The third kappa shape index (κ3) is 3.92. The maximum absolute atomic E-state index is 12.8. The molecule has 0 spiro atoms. The van der Waals surface area contributed by atoms with Crippen molar-refractivity contribution in [3.63, 3.8) is 0 Å². The number of benzene rings is 1. The fourth-order valence-corrected chi connectivity index (χ4v) is 4.70. The molecule has 9 nitrogen and oxygen atoms in total. The molecule has 2 aromatic heterocycles. The van der Waals surface area contributed by atoms with Gasteiger partial charge in [0.05, 0.1) is 23.7 Å². The van der Waals surface area contributed by atoms with Crippen molar-refractivity contribution < 1.29 is 9.59 Å². The van der Waals surface area contributed by atoms with E-state index >= 15 is 0 Å². The van der Waals surface area contributed by atoms with Crippen molar-refractivity contribution in [1.82, 2.24) is 25.8 Å². The van der Waals surface area contributed by atoms with Gasteiger partial charge in [0, 0.05) is 17.5 Å². The quantitative estimate of drug-likeness (QED) is 0.483. The zero-order chi connectivity index (χ0) is 21.4. The normalized spacial score (nSPS) is 22.8. The number of thiophene rings is 1. The topological polar surface area (TPSA) is 103 Å². The standard InChI is InChI=1S/C21H23N7O2S/c1-13-10-17(23-18(29)11-15-8-5-9-31-15)28(26-13)21-24-19-16(20(30)25-21)12-22-27(19)14-6-3-2-4-7-14/h2-10,16,19,21-22,24H,11-12H2,1H3,(H,23,29)(H,25,30). The highest BCUT2D eigenvalue weighted by Gasteiger charge is 2.45. The molecule has 2 saturated heterocycles. The van der Waals surface area contributed by atoms with Crippen LogP contribution in [-0.2, 0) is 16.0 Å². The van der Waals surface area contributed by atoms with Gasteiger partial charge in [0.15, 0.2) is 6.29 Å². The number of hydrogen-bond acceptors (Lipinski definition) is 7. The van der Waals surface area contributed by atoms with Gasteiger partial charge in [-0.2, -0.15) is 5.10 Å². The van der Waals surface area contributed by atoms with E-state index in [1.54, 1.807) is 22.1 Å². The van der Waals surface area contributed by atoms with Crippen LogP contribution in [-0.4, -0.2) is 34.3 Å². The van der Waals surface area contributed by atoms with Gasteiger partial charge in [0.25, 0.3) is 0 Å². The highest BCUT2D eigenvalue weighted by atomic mass is 32.1. The molecule has 3 aromatic rings. The molecule has 2 aliphatic heterocycles. The molecular weight excluding hydrogens is 414 g/mol. The van der Waals surface area contributed by atoms with E-state index in [0.717, 1.165) is 16.3 Å². The number of fused-ring (bicyclic) bond motifs is 1. The fraction of sp³-hybridized carbons (Fsp3) is 0.286. The Labute approximate surface area is 183 Å². The Hall–Kier alpha value is -3.21. The summed E-state index contributed by atoms with van der Waals surface area (Å²) >= 11 is 1.54. The van der Waals surface area contributed by atoms with Crippen LogP contribution in [0.25, 0.3) is 0 Å². The first-order valence-corrected chi connectivity index (χ1v) is 11.0. The smallest absolute Gasteiger partial charge is 0.230 e. The maximum atomic E-state index is 12.8. The number of anilines is 2. The Bertz CT molecular complexity index is 1080. The van der Waals surface area contributed by atoms with Crippen molar-refractivity contribution in [3.8, 4) is 0 Å². The summed E-state index contributed by atoms with van der Waals surface area (Å²) in [4.78, 5) is 26.4. The van der Waals surface area contributed by atoms with Gasteiger partial charge in [-0.3, -0.25) is 19.9 Å². The highest BCUT2D eigenvalue weighted by molar-refractivity contribution is 7.10. The van der Waals surface area contributed by atoms with Gasteiger partial charge in [-0.25, -0.2) is 10.1 Å². The number of amides is 2. The lowest BCUT2D eigenvalue weighted by Crippen LogP contribution is -2.61. The lowest BCUT2D eigenvalue weighted by Gasteiger charge is -2.37. The number of nitrogens with one attached hydrogen (secondary N) is 4. The summed E-state index contributed by atoms with van der Waals surface area (Å²) < 4.78 is 1.62. The summed E-state index contributed by atoms with van der Waals surface area (Å²) in [5, 5.41) is 17.8. The van der Waals surface area contributed by atoms with Crippen molar-refractivity contribution in [2.75, 3.05) is 16.9 Å². The number of hydrogen-bond donors (Lipinski definition) is 4. The Kier molecular flexibility index (Phi) is 5.18. The summed E-state index contributed by atoms with van der Waals surface area (Å²) in [6, 6.07) is 15.5. The third-order valence-corrected chi connectivity index (χ3v) is 6.28. The number of aryl methyl sites for hydroxylation is 1. The molecular formula is C21H23N7O2S. The minimum Gasteiger partial charge on any atom is -0.321 e. The first kappa shape index (κ1) is 19.7. The van der Waals surface area contributed by atoms with Crippen LogP contribution in [0, 0.1) is 12.8 Å². The molecule has 0 radical (unpaired) electrons. The van der Waals surface area contributed by atoms with Gasteiger partial charge >= 0.3 is 0 Å². The zero-order valence-electron chi connectivity index (χ0n) is 16.9. The largest absolute Gasteiger partial charge is 0.321 e. The van der Waals surface area contributed by atoms with E-state index in [-0.39, 0.29) is 23.9 Å². The van der Waals surface area contributed by atoms with Gasteiger partial charge in [0.2, 0.25) is 11.8 Å². The van der Waals surface area contributed by atoms with Crippen LogP contribution in [0.3, 0.4) is 0 Å². The van der Waals surface area contributed by atoms with E-state index in [4.69, 9.17) is 0 Å². The van der Waals surface area contributed by atoms with E-state index < -0.39 is 6.29 Å². The minimum atomic E-state index is -0.592. The van der Waals surface area contributed by atoms with Crippen LogP contribution in [0.2, 0.25) is 0 Å². The Morgan fingerprint density at radius 3 is 2.87 bits per heavy atom. The Morgan fingerprint density at radius 2 is 2.10 bits per heavy atom.